The van der Waals surface area contributed by atoms with Gasteiger partial charge in [0.15, 0.2) is 0 Å². The van der Waals surface area contributed by atoms with E-state index in [0.717, 1.165) is 0 Å². The zero-order valence-electron chi connectivity index (χ0n) is 9.28. The minimum Gasteiger partial charge on any atom is -0.506 e. The highest BCUT2D eigenvalue weighted by molar-refractivity contribution is 6.35. The van der Waals surface area contributed by atoms with Gasteiger partial charge in [-0.1, -0.05) is 30.1 Å². The lowest BCUT2D eigenvalue weighted by Crippen LogP contribution is -2.29. The molecule has 1 aromatic rings. The van der Waals surface area contributed by atoms with Gasteiger partial charge in [0.25, 0.3) is 0 Å². The minimum absolute atomic E-state index is 0.0556. The van der Waals surface area contributed by atoms with Crippen LogP contribution in [0.4, 0.5) is 0 Å². The number of rotatable bonds is 5. The monoisotopic (exact) mass is 277 g/mol. The number of carboxylic acids is 1. The average Bonchev–Trinajstić information content (AvgIpc) is 2.23. The lowest BCUT2D eigenvalue weighted by Gasteiger charge is -2.19. The van der Waals surface area contributed by atoms with Crippen LogP contribution in [0.3, 0.4) is 0 Å². The fourth-order valence-corrected chi connectivity index (χ4v) is 1.99. The van der Waals surface area contributed by atoms with Crippen LogP contribution in [0.5, 0.6) is 5.75 Å². The summed E-state index contributed by atoms with van der Waals surface area (Å²) in [6.07, 6.45) is 0. The third-order valence-electron chi connectivity index (χ3n) is 2.31. The van der Waals surface area contributed by atoms with Crippen LogP contribution in [0.1, 0.15) is 12.5 Å². The maximum absolute atomic E-state index is 10.6. The van der Waals surface area contributed by atoms with Gasteiger partial charge in [0.05, 0.1) is 11.6 Å². The molecular weight excluding hydrogens is 265 g/mol. The number of aliphatic carboxylic acids is 1. The maximum Gasteiger partial charge on any atom is 0.317 e. The first-order valence-electron chi connectivity index (χ1n) is 5.05. The first kappa shape index (κ1) is 14.1. The Bertz CT molecular complexity index is 423. The molecule has 0 amide bonds. The number of carbonyl (C=O) groups is 1. The van der Waals surface area contributed by atoms with E-state index >= 15 is 0 Å². The van der Waals surface area contributed by atoms with E-state index in [0.29, 0.717) is 17.1 Å². The molecule has 0 heterocycles. The molecule has 0 spiro atoms. The molecule has 0 aliphatic heterocycles. The SMILES string of the molecule is CCN(CC(=O)O)Cc1cc(Cl)cc(Cl)c1O. The number of benzene rings is 1. The van der Waals surface area contributed by atoms with E-state index in [1.54, 1.807) is 11.0 Å². The number of nitrogens with zero attached hydrogens (tertiary/aromatic N) is 1. The molecular formula is C11H13Cl2NO3. The van der Waals surface area contributed by atoms with Gasteiger partial charge in [-0.05, 0) is 18.7 Å². The molecule has 94 valence electrons. The molecule has 0 aromatic heterocycles. The Balaban J connectivity index is 2.89. The predicted octanol–water partition coefficient (Wildman–Crippen LogP) is 2.61. The number of carboxylic acid groups (broad SMARTS) is 1. The van der Waals surface area contributed by atoms with E-state index in [-0.39, 0.29) is 23.9 Å². The molecule has 0 atom stereocenters. The van der Waals surface area contributed by atoms with Crippen LogP contribution < -0.4 is 0 Å². The molecule has 0 aliphatic carbocycles. The molecule has 0 aliphatic rings. The van der Waals surface area contributed by atoms with Gasteiger partial charge in [-0.15, -0.1) is 0 Å². The Hall–Kier alpha value is -0.970. The number of halogens is 2. The zero-order chi connectivity index (χ0) is 13.0. The van der Waals surface area contributed by atoms with Crippen molar-refractivity contribution in [2.75, 3.05) is 13.1 Å². The van der Waals surface area contributed by atoms with E-state index in [9.17, 15) is 9.90 Å². The van der Waals surface area contributed by atoms with Crippen molar-refractivity contribution < 1.29 is 15.0 Å². The quantitative estimate of drug-likeness (QED) is 0.869. The van der Waals surface area contributed by atoms with Crippen LogP contribution in [0.25, 0.3) is 0 Å². The summed E-state index contributed by atoms with van der Waals surface area (Å²) >= 11 is 11.6. The second-order valence-corrected chi connectivity index (χ2v) is 4.44. The summed E-state index contributed by atoms with van der Waals surface area (Å²) in [7, 11) is 0. The van der Waals surface area contributed by atoms with E-state index in [1.807, 2.05) is 6.92 Å². The van der Waals surface area contributed by atoms with Crippen molar-refractivity contribution in [2.45, 2.75) is 13.5 Å². The Morgan fingerprint density at radius 1 is 1.41 bits per heavy atom. The van der Waals surface area contributed by atoms with Gasteiger partial charge in [-0.25, -0.2) is 0 Å². The first-order valence-corrected chi connectivity index (χ1v) is 5.80. The number of likely N-dealkylation sites (N-methyl/N-ethyl adjacent to an activating group) is 1. The van der Waals surface area contributed by atoms with E-state index in [4.69, 9.17) is 28.3 Å². The smallest absolute Gasteiger partial charge is 0.317 e. The molecule has 0 fully saturated rings. The summed E-state index contributed by atoms with van der Waals surface area (Å²) in [5, 5.41) is 19.0. The summed E-state index contributed by atoms with van der Waals surface area (Å²) in [6.45, 7) is 2.58. The number of hydrogen-bond acceptors (Lipinski definition) is 3. The van der Waals surface area contributed by atoms with Gasteiger partial charge in [0.1, 0.15) is 5.75 Å². The highest BCUT2D eigenvalue weighted by Crippen LogP contribution is 2.31. The molecule has 17 heavy (non-hydrogen) atoms. The van der Waals surface area contributed by atoms with Gasteiger partial charge in [0.2, 0.25) is 0 Å². The van der Waals surface area contributed by atoms with Crippen molar-refractivity contribution in [3.8, 4) is 5.75 Å². The predicted molar refractivity (Wildman–Crippen MR) is 66.7 cm³/mol. The largest absolute Gasteiger partial charge is 0.506 e. The average molecular weight is 278 g/mol. The number of hydrogen-bond donors (Lipinski definition) is 2. The molecule has 0 unspecified atom stereocenters. The Labute approximate surface area is 109 Å². The molecule has 2 N–H and O–H groups in total. The van der Waals surface area contributed by atoms with E-state index in [1.165, 1.54) is 6.07 Å². The van der Waals surface area contributed by atoms with Crippen LogP contribution in [-0.2, 0) is 11.3 Å². The Morgan fingerprint density at radius 3 is 2.59 bits per heavy atom. The third kappa shape index (κ3) is 4.07. The van der Waals surface area contributed by atoms with E-state index in [2.05, 4.69) is 0 Å². The minimum atomic E-state index is -0.917. The summed E-state index contributed by atoms with van der Waals surface area (Å²) < 4.78 is 0. The van der Waals surface area contributed by atoms with Crippen molar-refractivity contribution in [3.63, 3.8) is 0 Å². The number of phenols is 1. The molecule has 0 radical (unpaired) electrons. The van der Waals surface area contributed by atoms with Crippen LogP contribution in [0.15, 0.2) is 12.1 Å². The molecule has 0 saturated carbocycles. The fraction of sp³-hybridized carbons (Fsp3) is 0.364. The fourth-order valence-electron chi connectivity index (χ4n) is 1.45. The summed E-state index contributed by atoms with van der Waals surface area (Å²) in [6, 6.07) is 3.02. The first-order chi connectivity index (χ1) is 7.93. The lowest BCUT2D eigenvalue weighted by molar-refractivity contribution is -0.138. The summed E-state index contributed by atoms with van der Waals surface area (Å²) in [5.74, 6) is -0.973. The molecule has 1 aromatic carbocycles. The van der Waals surface area contributed by atoms with Gasteiger partial charge >= 0.3 is 5.97 Å². The third-order valence-corrected chi connectivity index (χ3v) is 2.81. The van der Waals surface area contributed by atoms with Crippen molar-refractivity contribution in [1.82, 2.24) is 4.90 Å². The molecule has 1 rings (SSSR count). The second-order valence-electron chi connectivity index (χ2n) is 3.59. The van der Waals surface area contributed by atoms with Gasteiger partial charge in [-0.3, -0.25) is 9.69 Å². The topological polar surface area (TPSA) is 60.8 Å². The second kappa shape index (κ2) is 6.10. The Morgan fingerprint density at radius 2 is 2.06 bits per heavy atom. The lowest BCUT2D eigenvalue weighted by atomic mass is 10.2. The standard InChI is InChI=1S/C11H13Cl2NO3/c1-2-14(6-10(15)16)5-7-3-8(12)4-9(13)11(7)17/h3-4,17H,2,5-6H2,1H3,(H,15,16). The molecule has 6 heteroatoms. The van der Waals surface area contributed by atoms with Crippen LogP contribution in [0.2, 0.25) is 10.0 Å². The highest BCUT2D eigenvalue weighted by Gasteiger charge is 2.13. The van der Waals surface area contributed by atoms with Crippen molar-refractivity contribution in [2.24, 2.45) is 0 Å². The summed E-state index contributed by atoms with van der Waals surface area (Å²) in [4.78, 5) is 12.3. The van der Waals surface area contributed by atoms with Crippen LogP contribution in [0, 0.1) is 0 Å². The maximum atomic E-state index is 10.6. The van der Waals surface area contributed by atoms with Gasteiger partial charge in [-0.2, -0.15) is 0 Å². The summed E-state index contributed by atoms with van der Waals surface area (Å²) in [5.41, 5.74) is 0.519. The molecule has 0 bridgehead atoms. The van der Waals surface area contributed by atoms with Crippen LogP contribution >= 0.6 is 23.2 Å². The zero-order valence-corrected chi connectivity index (χ0v) is 10.8. The number of aromatic hydroxyl groups is 1. The van der Waals surface area contributed by atoms with Crippen molar-refractivity contribution in [1.29, 1.82) is 0 Å². The van der Waals surface area contributed by atoms with Gasteiger partial charge < -0.3 is 10.2 Å². The molecule has 4 nitrogen and oxygen atoms in total. The number of phenolic OH excluding ortho intramolecular Hbond substituents is 1. The normalized spacial score (nSPS) is 10.8. The highest BCUT2D eigenvalue weighted by atomic mass is 35.5. The Kier molecular flexibility index (Phi) is 5.05. The van der Waals surface area contributed by atoms with Crippen molar-refractivity contribution >= 4 is 29.2 Å². The molecule has 0 saturated heterocycles. The van der Waals surface area contributed by atoms with Crippen LogP contribution in [-0.4, -0.2) is 34.2 Å². The van der Waals surface area contributed by atoms with Gasteiger partial charge in [0, 0.05) is 17.1 Å². The van der Waals surface area contributed by atoms with E-state index < -0.39 is 5.97 Å². The van der Waals surface area contributed by atoms with Crippen molar-refractivity contribution in [3.05, 3.63) is 27.7 Å².